The number of hydrogen-bond acceptors (Lipinski definition) is 1. The summed E-state index contributed by atoms with van der Waals surface area (Å²) in [6.45, 7) is 20.1. The minimum atomic E-state index is -1.34. The van der Waals surface area contributed by atoms with E-state index in [4.69, 9.17) is 6.57 Å². The fourth-order valence-electron chi connectivity index (χ4n) is 4.01. The van der Waals surface area contributed by atoms with Gasteiger partial charge in [0, 0.05) is 45.7 Å². The van der Waals surface area contributed by atoms with Crippen LogP contribution in [0.15, 0.2) is 12.1 Å². The molecule has 0 aromatic heterocycles. The number of unbranched alkanes of at least 4 members (excludes halogenated alkanes) is 3. The maximum absolute atomic E-state index is 13.4. The Bertz CT molecular complexity index is 639. The van der Waals surface area contributed by atoms with Crippen molar-refractivity contribution in [1.29, 1.82) is 0 Å². The molecular formula is C24H40N2OPY+. The van der Waals surface area contributed by atoms with E-state index in [2.05, 4.69) is 37.9 Å². The summed E-state index contributed by atoms with van der Waals surface area (Å²) < 4.78 is 0. The van der Waals surface area contributed by atoms with Gasteiger partial charge in [0.05, 0.1) is 25.1 Å². The summed E-state index contributed by atoms with van der Waals surface area (Å²) in [5.41, 5.74) is 3.58. The molecule has 1 rings (SSSR count). The number of hydrogen-bond donors (Lipinski definition) is 1. The Morgan fingerprint density at radius 2 is 1.41 bits per heavy atom. The first-order valence-electron chi connectivity index (χ1n) is 11.0. The number of rotatable bonds is 12. The van der Waals surface area contributed by atoms with Gasteiger partial charge < -0.3 is 5.32 Å². The van der Waals surface area contributed by atoms with Crippen LogP contribution >= 0.6 is 7.26 Å². The predicted molar refractivity (Wildman–Crippen MR) is 127 cm³/mol. The molecule has 0 aliphatic heterocycles. The molecule has 0 aliphatic rings. The zero-order chi connectivity index (χ0) is 21.2. The number of anilines is 1. The summed E-state index contributed by atoms with van der Waals surface area (Å²) in [4.78, 5) is 16.9. The van der Waals surface area contributed by atoms with Crippen molar-refractivity contribution in [3.05, 3.63) is 34.7 Å². The van der Waals surface area contributed by atoms with Crippen LogP contribution in [-0.4, -0.2) is 30.1 Å². The van der Waals surface area contributed by atoms with Gasteiger partial charge in [-0.05, 0) is 51.2 Å². The molecule has 0 aliphatic carbocycles. The normalized spacial score (nSPS) is 12.0. The molecule has 29 heavy (non-hydrogen) atoms. The molecule has 3 nitrogen and oxygen atoms in total. The Morgan fingerprint density at radius 1 is 1.00 bits per heavy atom. The number of carbonyl (C=O) groups excluding carboxylic acids is 1. The molecule has 1 radical (unpaired) electrons. The fourth-order valence-corrected chi connectivity index (χ4v) is 9.25. The van der Waals surface area contributed by atoms with Gasteiger partial charge in [-0.3, -0.25) is 4.79 Å². The topological polar surface area (TPSA) is 33.5 Å². The van der Waals surface area contributed by atoms with Crippen molar-refractivity contribution in [1.82, 2.24) is 0 Å². The third-order valence-electron chi connectivity index (χ3n) is 5.97. The van der Waals surface area contributed by atoms with E-state index in [1.165, 1.54) is 57.0 Å². The zero-order valence-electron chi connectivity index (χ0n) is 19.5. The molecule has 0 fully saturated rings. The monoisotopic (exact) mass is 492 g/mol. The molecule has 1 amide bonds. The van der Waals surface area contributed by atoms with Gasteiger partial charge in [-0.25, -0.2) is 4.85 Å². The first-order chi connectivity index (χ1) is 13.3. The third kappa shape index (κ3) is 8.40. The third-order valence-corrected chi connectivity index (χ3v) is 11.5. The van der Waals surface area contributed by atoms with Gasteiger partial charge in [-0.2, -0.15) is 0 Å². The van der Waals surface area contributed by atoms with Crippen LogP contribution in [0.4, 0.5) is 11.4 Å². The summed E-state index contributed by atoms with van der Waals surface area (Å²) in [5, 5.41) is 3.25. The minimum absolute atomic E-state index is 0. The average Bonchev–Trinajstić information content (AvgIpc) is 2.69. The van der Waals surface area contributed by atoms with Crippen molar-refractivity contribution in [2.45, 2.75) is 85.7 Å². The van der Waals surface area contributed by atoms with Crippen LogP contribution < -0.4 is 5.32 Å². The summed E-state index contributed by atoms with van der Waals surface area (Å²) in [7, 11) is -1.34. The molecule has 1 unspecified atom stereocenters. The van der Waals surface area contributed by atoms with Gasteiger partial charge in [0.15, 0.2) is 5.69 Å². The molecular weight excluding hydrogens is 452 g/mol. The van der Waals surface area contributed by atoms with Gasteiger partial charge >= 0.3 is 0 Å². The predicted octanol–water partition coefficient (Wildman–Crippen LogP) is 7.60. The van der Waals surface area contributed by atoms with E-state index in [0.717, 1.165) is 16.8 Å². The van der Waals surface area contributed by atoms with E-state index in [9.17, 15) is 4.79 Å². The molecule has 0 spiro atoms. The molecule has 0 saturated carbocycles. The van der Waals surface area contributed by atoms with Crippen LogP contribution in [0, 0.1) is 20.4 Å². The first-order valence-corrected chi connectivity index (χ1v) is 13.4. The number of aryl methyl sites for hydroxylation is 2. The van der Waals surface area contributed by atoms with Crippen molar-refractivity contribution >= 4 is 24.5 Å². The van der Waals surface area contributed by atoms with Crippen LogP contribution in [-0.2, 0) is 37.5 Å². The molecule has 159 valence electrons. The zero-order valence-corrected chi connectivity index (χ0v) is 23.2. The van der Waals surface area contributed by atoms with Gasteiger partial charge in [0.25, 0.3) is 5.91 Å². The average molecular weight is 492 g/mol. The second kappa shape index (κ2) is 14.7. The quantitative estimate of drug-likeness (QED) is 0.237. The fraction of sp³-hybridized carbons (Fsp3) is 0.667. The van der Waals surface area contributed by atoms with E-state index in [1.807, 2.05) is 26.0 Å². The summed E-state index contributed by atoms with van der Waals surface area (Å²) in [5.74, 6) is 0.179. The van der Waals surface area contributed by atoms with Crippen molar-refractivity contribution in [3.8, 4) is 0 Å². The van der Waals surface area contributed by atoms with Gasteiger partial charge in [0.2, 0.25) is 0 Å². The smallest absolute Gasteiger partial charge is 0.264 e. The van der Waals surface area contributed by atoms with Crippen molar-refractivity contribution < 1.29 is 37.5 Å². The Morgan fingerprint density at radius 3 is 1.76 bits per heavy atom. The van der Waals surface area contributed by atoms with Crippen LogP contribution in [0.1, 0.15) is 77.3 Å². The first kappa shape index (κ1) is 28.7. The number of carbonyl (C=O) groups is 1. The number of nitrogens with zero attached hydrogens (tertiary/aromatic N) is 1. The maximum atomic E-state index is 13.4. The minimum Gasteiger partial charge on any atom is -0.322 e. The summed E-state index contributed by atoms with van der Waals surface area (Å²) >= 11 is 0. The molecule has 1 aromatic carbocycles. The maximum Gasteiger partial charge on any atom is 0.264 e. The Kier molecular flexibility index (Phi) is 14.5. The molecule has 0 saturated heterocycles. The number of nitrogens with one attached hydrogen (secondary N) is 1. The van der Waals surface area contributed by atoms with Crippen LogP contribution in [0.5, 0.6) is 0 Å². The molecule has 0 heterocycles. The standard InChI is InChI=1S/C24H39N2OP.Y/c1-8-11-14-28(15-12-9-2,16-13-10-3)21(6)24(27)26-23-19(4)17-22(25-7)18-20(23)5;/h17-18,21H,8-16H2,1-6H3;/p+1. The van der Waals surface area contributed by atoms with Crippen molar-refractivity contribution in [2.24, 2.45) is 0 Å². The molecule has 1 atom stereocenters. The van der Waals surface area contributed by atoms with Crippen LogP contribution in [0.2, 0.25) is 0 Å². The van der Waals surface area contributed by atoms with Gasteiger partial charge in [0.1, 0.15) is 5.66 Å². The molecule has 5 heteroatoms. The van der Waals surface area contributed by atoms with Crippen LogP contribution in [0.3, 0.4) is 0 Å². The molecule has 1 aromatic rings. The Hall–Kier alpha value is -0.286. The van der Waals surface area contributed by atoms with Crippen LogP contribution in [0.25, 0.3) is 4.85 Å². The van der Waals surface area contributed by atoms with Crippen molar-refractivity contribution in [3.63, 3.8) is 0 Å². The van der Waals surface area contributed by atoms with E-state index in [-0.39, 0.29) is 44.3 Å². The molecule has 0 bridgehead atoms. The van der Waals surface area contributed by atoms with E-state index in [1.54, 1.807) is 0 Å². The summed E-state index contributed by atoms with van der Waals surface area (Å²) in [6.07, 6.45) is 11.0. The van der Waals surface area contributed by atoms with E-state index < -0.39 is 7.26 Å². The van der Waals surface area contributed by atoms with Gasteiger partial charge in [-0.15, -0.1) is 0 Å². The van der Waals surface area contributed by atoms with Crippen molar-refractivity contribution in [2.75, 3.05) is 23.8 Å². The SMILES string of the molecule is [C-]#[N+]c1cc(C)c(NC(=O)C(C)[P+](CCCC)(CCCC)CCCC)c(C)c1.[Y]. The van der Waals surface area contributed by atoms with Gasteiger partial charge in [-0.1, -0.05) is 52.2 Å². The van der Waals surface area contributed by atoms with E-state index >= 15 is 0 Å². The Balaban J connectivity index is 0.00000784. The number of amides is 1. The van der Waals surface area contributed by atoms with E-state index in [0.29, 0.717) is 5.69 Å². The molecule has 1 N–H and O–H groups in total. The second-order valence-corrected chi connectivity index (χ2v) is 12.7. The Labute approximate surface area is 205 Å². The second-order valence-electron chi connectivity index (χ2n) is 8.18. The number of benzene rings is 1. The largest absolute Gasteiger partial charge is 0.322 e. The summed E-state index contributed by atoms with van der Waals surface area (Å²) in [6, 6.07) is 3.74.